The first-order chi connectivity index (χ1) is 22.5. The third-order valence-corrected chi connectivity index (χ3v) is 9.69. The molecule has 0 saturated heterocycles. The minimum Gasteiger partial charge on any atom is -0.462 e. The van der Waals surface area contributed by atoms with Crippen molar-refractivity contribution in [3.05, 3.63) is 0 Å². The maximum atomic E-state index is 12.2. The molecule has 0 aliphatic rings. The zero-order valence-corrected chi connectivity index (χ0v) is 31.3. The van der Waals surface area contributed by atoms with Crippen LogP contribution in [0.1, 0.15) is 226 Å². The fraction of sp³-hybridized carbons (Fsp3) is 0.951. The van der Waals surface area contributed by atoms with Crippen molar-refractivity contribution in [3.63, 3.8) is 0 Å². The van der Waals surface area contributed by atoms with Gasteiger partial charge in [0.2, 0.25) is 0 Å². The number of rotatable bonds is 37. The van der Waals surface area contributed by atoms with Crippen molar-refractivity contribution in [2.45, 2.75) is 232 Å². The SMILES string of the molecule is CCCCCCCCCCCCCCCCC(=O)OC[C@H](CO)OC(=O)CCCCCCCCCCCCCCCCC(C)CC. The first kappa shape index (κ1) is 44.9. The fourth-order valence-electron chi connectivity index (χ4n) is 6.18. The Labute approximate surface area is 287 Å². The molecule has 0 spiro atoms. The molecule has 0 aromatic carbocycles. The molecule has 0 saturated carbocycles. The van der Waals surface area contributed by atoms with E-state index in [0.29, 0.717) is 12.8 Å². The molecule has 0 amide bonds. The molecular formula is C41H80O5. The average molecular weight is 653 g/mol. The minimum absolute atomic E-state index is 0.0575. The van der Waals surface area contributed by atoms with Crippen LogP contribution in [-0.4, -0.2) is 36.4 Å². The number of unbranched alkanes of at least 4 members (excludes halogenated alkanes) is 26. The van der Waals surface area contributed by atoms with E-state index in [4.69, 9.17) is 9.47 Å². The molecule has 274 valence electrons. The Hall–Kier alpha value is -1.10. The normalized spacial score (nSPS) is 12.7. The highest BCUT2D eigenvalue weighted by atomic mass is 16.6. The van der Waals surface area contributed by atoms with Crippen LogP contribution in [0.3, 0.4) is 0 Å². The molecule has 0 bridgehead atoms. The van der Waals surface area contributed by atoms with Crippen LogP contribution in [0.25, 0.3) is 0 Å². The van der Waals surface area contributed by atoms with Crippen molar-refractivity contribution < 1.29 is 24.2 Å². The highest BCUT2D eigenvalue weighted by molar-refractivity contribution is 5.70. The van der Waals surface area contributed by atoms with Gasteiger partial charge in [-0.2, -0.15) is 0 Å². The monoisotopic (exact) mass is 653 g/mol. The lowest BCUT2D eigenvalue weighted by atomic mass is 9.99. The number of hydrogen-bond acceptors (Lipinski definition) is 5. The second-order valence-electron chi connectivity index (χ2n) is 14.3. The van der Waals surface area contributed by atoms with Gasteiger partial charge in [0, 0.05) is 12.8 Å². The molecule has 46 heavy (non-hydrogen) atoms. The van der Waals surface area contributed by atoms with Crippen LogP contribution in [0.5, 0.6) is 0 Å². The highest BCUT2D eigenvalue weighted by Gasteiger charge is 2.16. The van der Waals surface area contributed by atoms with Crippen LogP contribution in [0.2, 0.25) is 0 Å². The maximum Gasteiger partial charge on any atom is 0.306 e. The van der Waals surface area contributed by atoms with E-state index in [0.717, 1.165) is 38.0 Å². The summed E-state index contributed by atoms with van der Waals surface area (Å²) in [7, 11) is 0. The number of aliphatic hydroxyl groups is 1. The number of hydrogen-bond donors (Lipinski definition) is 1. The minimum atomic E-state index is -0.762. The smallest absolute Gasteiger partial charge is 0.306 e. The van der Waals surface area contributed by atoms with Crippen molar-refractivity contribution in [2.24, 2.45) is 5.92 Å². The van der Waals surface area contributed by atoms with E-state index in [-0.39, 0.29) is 25.2 Å². The van der Waals surface area contributed by atoms with E-state index in [1.165, 1.54) is 161 Å². The average Bonchev–Trinajstić information content (AvgIpc) is 3.06. The first-order valence-electron chi connectivity index (χ1n) is 20.5. The fourth-order valence-corrected chi connectivity index (χ4v) is 6.18. The van der Waals surface area contributed by atoms with Gasteiger partial charge in [-0.15, -0.1) is 0 Å². The van der Waals surface area contributed by atoms with E-state index in [1.54, 1.807) is 0 Å². The lowest BCUT2D eigenvalue weighted by Gasteiger charge is -2.15. The molecule has 5 nitrogen and oxygen atoms in total. The van der Waals surface area contributed by atoms with Gasteiger partial charge in [0.05, 0.1) is 6.61 Å². The molecular weight excluding hydrogens is 572 g/mol. The van der Waals surface area contributed by atoms with Gasteiger partial charge in [0.15, 0.2) is 6.10 Å². The Morgan fingerprint density at radius 1 is 0.500 bits per heavy atom. The molecule has 0 aliphatic heterocycles. The summed E-state index contributed by atoms with van der Waals surface area (Å²) in [6.45, 7) is 6.55. The number of aliphatic hydroxyl groups excluding tert-OH is 1. The van der Waals surface area contributed by atoms with Gasteiger partial charge in [-0.1, -0.05) is 201 Å². The Morgan fingerprint density at radius 2 is 0.848 bits per heavy atom. The third-order valence-electron chi connectivity index (χ3n) is 9.69. The molecule has 0 fully saturated rings. The summed E-state index contributed by atoms with van der Waals surface area (Å²) in [6, 6.07) is 0. The summed E-state index contributed by atoms with van der Waals surface area (Å²) >= 11 is 0. The molecule has 0 rings (SSSR count). The summed E-state index contributed by atoms with van der Waals surface area (Å²) in [6.07, 6.45) is 38.7. The van der Waals surface area contributed by atoms with Gasteiger partial charge in [0.1, 0.15) is 6.61 Å². The van der Waals surface area contributed by atoms with Gasteiger partial charge < -0.3 is 14.6 Å². The second-order valence-corrected chi connectivity index (χ2v) is 14.3. The Bertz CT molecular complexity index is 636. The van der Waals surface area contributed by atoms with E-state index in [2.05, 4.69) is 20.8 Å². The molecule has 5 heteroatoms. The molecule has 0 heterocycles. The highest BCUT2D eigenvalue weighted by Crippen LogP contribution is 2.17. The van der Waals surface area contributed by atoms with Gasteiger partial charge in [-0.25, -0.2) is 0 Å². The zero-order chi connectivity index (χ0) is 33.8. The lowest BCUT2D eigenvalue weighted by molar-refractivity contribution is -0.161. The Morgan fingerprint density at radius 3 is 1.22 bits per heavy atom. The topological polar surface area (TPSA) is 72.8 Å². The van der Waals surface area contributed by atoms with Gasteiger partial charge in [0.25, 0.3) is 0 Å². The zero-order valence-electron chi connectivity index (χ0n) is 31.3. The van der Waals surface area contributed by atoms with E-state index in [1.807, 2.05) is 0 Å². The molecule has 2 atom stereocenters. The Balaban J connectivity index is 3.49. The lowest BCUT2D eigenvalue weighted by Crippen LogP contribution is -2.28. The van der Waals surface area contributed by atoms with Gasteiger partial charge in [-0.05, 0) is 18.8 Å². The summed E-state index contributed by atoms with van der Waals surface area (Å²) in [4.78, 5) is 24.3. The van der Waals surface area contributed by atoms with E-state index < -0.39 is 6.10 Å². The predicted molar refractivity (Wildman–Crippen MR) is 196 cm³/mol. The van der Waals surface area contributed by atoms with Crippen molar-refractivity contribution in [1.82, 2.24) is 0 Å². The molecule has 1 unspecified atom stereocenters. The third kappa shape index (κ3) is 34.2. The molecule has 0 aromatic rings. The summed E-state index contributed by atoms with van der Waals surface area (Å²) in [5.74, 6) is 0.327. The van der Waals surface area contributed by atoms with Crippen molar-refractivity contribution in [2.75, 3.05) is 13.2 Å². The summed E-state index contributed by atoms with van der Waals surface area (Å²) in [5, 5.41) is 9.56. The van der Waals surface area contributed by atoms with Crippen molar-refractivity contribution in [1.29, 1.82) is 0 Å². The van der Waals surface area contributed by atoms with Crippen LogP contribution in [0, 0.1) is 5.92 Å². The predicted octanol–water partition coefficient (Wildman–Crippen LogP) is 12.6. The van der Waals surface area contributed by atoms with E-state index in [9.17, 15) is 14.7 Å². The molecule has 1 N–H and O–H groups in total. The van der Waals surface area contributed by atoms with Crippen molar-refractivity contribution >= 4 is 11.9 Å². The maximum absolute atomic E-state index is 12.2. The largest absolute Gasteiger partial charge is 0.462 e. The number of esters is 2. The van der Waals surface area contributed by atoms with Gasteiger partial charge in [-0.3, -0.25) is 9.59 Å². The van der Waals surface area contributed by atoms with E-state index >= 15 is 0 Å². The summed E-state index contributed by atoms with van der Waals surface area (Å²) < 4.78 is 10.6. The Kier molecular flexibility index (Phi) is 35.9. The molecule has 0 aromatic heterocycles. The number of carbonyl (C=O) groups excluding carboxylic acids is 2. The van der Waals surface area contributed by atoms with Crippen LogP contribution >= 0.6 is 0 Å². The van der Waals surface area contributed by atoms with Crippen molar-refractivity contribution in [3.8, 4) is 0 Å². The quantitative estimate of drug-likeness (QED) is 0.0534. The number of carbonyl (C=O) groups is 2. The molecule has 0 aliphatic carbocycles. The standard InChI is InChI=1S/C41H80O5/c1-4-6-7-8-9-10-11-12-16-19-22-25-28-31-34-40(43)45-37-39(36-42)46-41(44)35-32-29-26-23-20-17-14-13-15-18-21-24-27-30-33-38(3)5-2/h38-39,42H,4-37H2,1-3H3/t38?,39-/m0/s1. The van der Waals surface area contributed by atoms with Crippen LogP contribution in [0.4, 0.5) is 0 Å². The second kappa shape index (κ2) is 36.7. The first-order valence-corrected chi connectivity index (χ1v) is 20.5. The van der Waals surface area contributed by atoms with Gasteiger partial charge >= 0.3 is 11.9 Å². The van der Waals surface area contributed by atoms with Crippen LogP contribution in [0.15, 0.2) is 0 Å². The number of ether oxygens (including phenoxy) is 2. The van der Waals surface area contributed by atoms with Crippen LogP contribution in [-0.2, 0) is 19.1 Å². The summed E-state index contributed by atoms with van der Waals surface area (Å²) in [5.41, 5.74) is 0. The van der Waals surface area contributed by atoms with Crippen LogP contribution < -0.4 is 0 Å². The molecule has 0 radical (unpaired) electrons.